The molecule has 0 aliphatic heterocycles. The fraction of sp³-hybridized carbons (Fsp3) is 0.385. The first-order valence-corrected chi connectivity index (χ1v) is 6.96. The predicted molar refractivity (Wildman–Crippen MR) is 79.8 cm³/mol. The number of carbonyl (C=O) groups is 2. The molecule has 0 saturated heterocycles. The zero-order valence-corrected chi connectivity index (χ0v) is 12.8. The molecule has 2 atom stereocenters. The van der Waals surface area contributed by atoms with Crippen LogP contribution in [0.3, 0.4) is 0 Å². The Hall–Kier alpha value is -1.50. The molecular formula is C13H16Cl2N2O4. The van der Waals surface area contributed by atoms with E-state index in [4.69, 9.17) is 28.3 Å². The van der Waals surface area contributed by atoms with Gasteiger partial charge in [0.05, 0.1) is 6.10 Å². The number of hydrogen-bond donors (Lipinski definition) is 4. The molecule has 0 aliphatic rings. The van der Waals surface area contributed by atoms with E-state index in [0.717, 1.165) is 5.56 Å². The Morgan fingerprint density at radius 2 is 2.00 bits per heavy atom. The molecule has 21 heavy (non-hydrogen) atoms. The van der Waals surface area contributed by atoms with Gasteiger partial charge < -0.3 is 20.8 Å². The quantitative estimate of drug-likeness (QED) is 0.635. The van der Waals surface area contributed by atoms with Crippen molar-refractivity contribution in [2.45, 2.75) is 25.5 Å². The van der Waals surface area contributed by atoms with Crippen LogP contribution in [0.4, 0.5) is 4.79 Å². The van der Waals surface area contributed by atoms with E-state index < -0.39 is 24.1 Å². The molecular weight excluding hydrogens is 319 g/mol. The number of carboxylic acids is 1. The Morgan fingerprint density at radius 1 is 1.33 bits per heavy atom. The lowest BCUT2D eigenvalue weighted by Gasteiger charge is -2.17. The summed E-state index contributed by atoms with van der Waals surface area (Å²) in [4.78, 5) is 22.4. The number of rotatable bonds is 6. The van der Waals surface area contributed by atoms with Gasteiger partial charge in [-0.2, -0.15) is 0 Å². The van der Waals surface area contributed by atoms with Crippen LogP contribution >= 0.6 is 23.2 Å². The fourth-order valence-electron chi connectivity index (χ4n) is 1.62. The lowest BCUT2D eigenvalue weighted by atomic mass is 10.1. The number of carboxylic acid groups (broad SMARTS) is 1. The van der Waals surface area contributed by atoms with E-state index in [-0.39, 0.29) is 6.54 Å². The topological polar surface area (TPSA) is 98.7 Å². The molecule has 0 fully saturated rings. The Kier molecular flexibility index (Phi) is 6.74. The predicted octanol–water partition coefficient (Wildman–Crippen LogP) is 1.67. The molecule has 1 rings (SSSR count). The highest BCUT2D eigenvalue weighted by Gasteiger charge is 2.24. The van der Waals surface area contributed by atoms with Crippen LogP contribution in [-0.4, -0.2) is 40.9 Å². The lowest BCUT2D eigenvalue weighted by molar-refractivity contribution is -0.141. The van der Waals surface area contributed by atoms with Gasteiger partial charge in [0, 0.05) is 16.6 Å². The Bertz CT molecular complexity index is 523. The first-order chi connectivity index (χ1) is 9.81. The summed E-state index contributed by atoms with van der Waals surface area (Å²) in [5.41, 5.74) is 0.812. The smallest absolute Gasteiger partial charge is 0.328 e. The van der Waals surface area contributed by atoms with E-state index in [2.05, 4.69) is 10.6 Å². The van der Waals surface area contributed by atoms with Crippen molar-refractivity contribution in [3.8, 4) is 0 Å². The molecule has 0 spiro atoms. The second-order valence-corrected chi connectivity index (χ2v) is 5.29. The molecule has 0 aromatic heterocycles. The standard InChI is InChI=1S/C13H16Cl2N2O4/c1-7(18)11(12(19)20)17-13(21)16-5-4-8-2-3-9(14)6-10(8)15/h2-3,6-7,11,18H,4-5H2,1H3,(H,19,20)(H2,16,17,21). The van der Waals surface area contributed by atoms with Gasteiger partial charge in [-0.1, -0.05) is 29.3 Å². The maximum Gasteiger partial charge on any atom is 0.328 e. The van der Waals surface area contributed by atoms with E-state index in [9.17, 15) is 14.7 Å². The normalized spacial score (nSPS) is 13.3. The number of carbonyl (C=O) groups excluding carboxylic acids is 1. The molecule has 116 valence electrons. The molecule has 1 aromatic rings. The van der Waals surface area contributed by atoms with E-state index in [1.165, 1.54) is 6.92 Å². The van der Waals surface area contributed by atoms with Crippen molar-refractivity contribution in [1.82, 2.24) is 10.6 Å². The van der Waals surface area contributed by atoms with Crippen LogP contribution in [0.25, 0.3) is 0 Å². The number of urea groups is 1. The number of benzene rings is 1. The Balaban J connectivity index is 2.44. The highest BCUT2D eigenvalue weighted by molar-refractivity contribution is 6.35. The highest BCUT2D eigenvalue weighted by atomic mass is 35.5. The number of hydrogen-bond acceptors (Lipinski definition) is 3. The SMILES string of the molecule is CC(O)C(NC(=O)NCCc1ccc(Cl)cc1Cl)C(=O)O. The molecule has 0 heterocycles. The van der Waals surface area contributed by atoms with Crippen LogP contribution in [0.5, 0.6) is 0 Å². The monoisotopic (exact) mass is 334 g/mol. The molecule has 4 N–H and O–H groups in total. The van der Waals surface area contributed by atoms with E-state index >= 15 is 0 Å². The fourth-order valence-corrected chi connectivity index (χ4v) is 2.12. The van der Waals surface area contributed by atoms with Crippen molar-refractivity contribution in [3.05, 3.63) is 33.8 Å². The van der Waals surface area contributed by atoms with Crippen molar-refractivity contribution in [3.63, 3.8) is 0 Å². The summed E-state index contributed by atoms with van der Waals surface area (Å²) in [5, 5.41) is 23.8. The average molecular weight is 335 g/mol. The van der Waals surface area contributed by atoms with Gasteiger partial charge in [0.15, 0.2) is 6.04 Å². The zero-order valence-electron chi connectivity index (χ0n) is 11.3. The van der Waals surface area contributed by atoms with E-state index in [1.807, 2.05) is 0 Å². The summed E-state index contributed by atoms with van der Waals surface area (Å²) < 4.78 is 0. The molecule has 0 saturated carbocycles. The average Bonchev–Trinajstić information content (AvgIpc) is 2.37. The molecule has 0 radical (unpaired) electrons. The van der Waals surface area contributed by atoms with Gasteiger partial charge in [0.1, 0.15) is 0 Å². The van der Waals surface area contributed by atoms with Crippen LogP contribution in [0, 0.1) is 0 Å². The Labute approximate surface area is 132 Å². The largest absolute Gasteiger partial charge is 0.480 e. The third-order valence-corrected chi connectivity index (χ3v) is 3.32. The number of amides is 2. The third kappa shape index (κ3) is 5.79. The Morgan fingerprint density at radius 3 is 2.52 bits per heavy atom. The van der Waals surface area contributed by atoms with Gasteiger partial charge in [-0.15, -0.1) is 0 Å². The van der Waals surface area contributed by atoms with Crippen LogP contribution in [-0.2, 0) is 11.2 Å². The number of aliphatic hydroxyl groups is 1. The first-order valence-electron chi connectivity index (χ1n) is 6.20. The number of halogens is 2. The van der Waals surface area contributed by atoms with Gasteiger partial charge >= 0.3 is 12.0 Å². The van der Waals surface area contributed by atoms with Crippen molar-refractivity contribution in [2.24, 2.45) is 0 Å². The van der Waals surface area contributed by atoms with Crippen LogP contribution in [0.15, 0.2) is 18.2 Å². The first kappa shape index (κ1) is 17.6. The highest BCUT2D eigenvalue weighted by Crippen LogP contribution is 2.20. The minimum absolute atomic E-state index is 0.263. The second kappa shape index (κ2) is 8.07. The molecule has 2 amide bonds. The summed E-state index contributed by atoms with van der Waals surface area (Å²) in [5.74, 6) is -1.30. The summed E-state index contributed by atoms with van der Waals surface area (Å²) >= 11 is 11.8. The van der Waals surface area contributed by atoms with Crippen molar-refractivity contribution in [1.29, 1.82) is 0 Å². The maximum absolute atomic E-state index is 11.5. The van der Waals surface area contributed by atoms with Gasteiger partial charge in [-0.05, 0) is 31.0 Å². The lowest BCUT2D eigenvalue weighted by Crippen LogP contribution is -2.51. The van der Waals surface area contributed by atoms with E-state index in [0.29, 0.717) is 16.5 Å². The molecule has 1 aromatic carbocycles. The molecule has 8 heteroatoms. The second-order valence-electron chi connectivity index (χ2n) is 4.44. The van der Waals surface area contributed by atoms with Crippen molar-refractivity contribution in [2.75, 3.05) is 6.54 Å². The summed E-state index contributed by atoms with van der Waals surface area (Å²) in [6, 6.07) is 3.01. The number of aliphatic hydroxyl groups excluding tert-OH is 1. The number of nitrogens with one attached hydrogen (secondary N) is 2. The minimum atomic E-state index is -1.36. The minimum Gasteiger partial charge on any atom is -0.480 e. The van der Waals surface area contributed by atoms with Crippen LogP contribution in [0.2, 0.25) is 10.0 Å². The van der Waals surface area contributed by atoms with Crippen molar-refractivity contribution < 1.29 is 19.8 Å². The zero-order chi connectivity index (χ0) is 16.0. The van der Waals surface area contributed by atoms with Crippen LogP contribution < -0.4 is 10.6 Å². The molecule has 6 nitrogen and oxygen atoms in total. The summed E-state index contributed by atoms with van der Waals surface area (Å²) in [7, 11) is 0. The molecule has 0 aliphatic carbocycles. The third-order valence-electron chi connectivity index (χ3n) is 2.73. The summed E-state index contributed by atoms with van der Waals surface area (Å²) in [6.45, 7) is 1.55. The number of aliphatic carboxylic acids is 1. The molecule has 0 bridgehead atoms. The van der Waals surface area contributed by atoms with Gasteiger partial charge in [-0.3, -0.25) is 0 Å². The molecule has 2 unspecified atom stereocenters. The summed E-state index contributed by atoms with van der Waals surface area (Å²) in [6.07, 6.45) is -0.727. The van der Waals surface area contributed by atoms with Gasteiger partial charge in [0.25, 0.3) is 0 Å². The van der Waals surface area contributed by atoms with Gasteiger partial charge in [0.2, 0.25) is 0 Å². The van der Waals surface area contributed by atoms with E-state index in [1.54, 1.807) is 18.2 Å². The van der Waals surface area contributed by atoms with Gasteiger partial charge in [-0.25, -0.2) is 9.59 Å². The van der Waals surface area contributed by atoms with Crippen molar-refractivity contribution >= 4 is 35.2 Å². The maximum atomic E-state index is 11.5. The van der Waals surface area contributed by atoms with Crippen LogP contribution in [0.1, 0.15) is 12.5 Å².